The molecule has 7 heteroatoms. The molecule has 2 aromatic carbocycles. The molecule has 0 saturated heterocycles. The van der Waals surface area contributed by atoms with Gasteiger partial charge in [-0.15, -0.1) is 5.10 Å². The summed E-state index contributed by atoms with van der Waals surface area (Å²) >= 11 is 1.33. The monoisotopic (exact) mass is 328 g/mol. The molecule has 0 spiro atoms. The molecule has 0 bridgehead atoms. The zero-order chi connectivity index (χ0) is 16.5. The standard InChI is InChI=1S/C16H16N4O2S/c1-23-16(19-17-10-12-6-2-4-8-14(12)21)20-18-11-13-7-3-5-9-15(13)22/h2-11,21-22H,1H3,(H,19,20). The summed E-state index contributed by atoms with van der Waals surface area (Å²) in [6.45, 7) is 0. The molecular weight excluding hydrogens is 312 g/mol. The minimum atomic E-state index is 0.141. The first-order valence-corrected chi connectivity index (χ1v) is 7.93. The first-order chi connectivity index (χ1) is 11.2. The lowest BCUT2D eigenvalue weighted by Crippen LogP contribution is -2.13. The van der Waals surface area contributed by atoms with E-state index in [0.29, 0.717) is 16.3 Å². The van der Waals surface area contributed by atoms with Crippen LogP contribution in [0.15, 0.2) is 63.8 Å². The number of phenolic OH excluding ortho intramolecular Hbond substituents is 2. The van der Waals surface area contributed by atoms with Crippen molar-refractivity contribution in [2.24, 2.45) is 15.3 Å². The Balaban J connectivity index is 2.00. The number of aromatic hydroxyl groups is 2. The Hall–Kier alpha value is -2.80. The lowest BCUT2D eigenvalue weighted by molar-refractivity contribution is 0.474. The number of benzene rings is 2. The Bertz CT molecular complexity index is 744. The highest BCUT2D eigenvalue weighted by Crippen LogP contribution is 2.13. The van der Waals surface area contributed by atoms with Crippen molar-refractivity contribution in [3.05, 3.63) is 59.7 Å². The normalized spacial score (nSPS) is 12.1. The van der Waals surface area contributed by atoms with Gasteiger partial charge in [0.25, 0.3) is 0 Å². The summed E-state index contributed by atoms with van der Waals surface area (Å²) in [6, 6.07) is 13.7. The lowest BCUT2D eigenvalue weighted by atomic mass is 10.2. The van der Waals surface area contributed by atoms with E-state index in [1.807, 2.05) is 6.26 Å². The molecule has 0 atom stereocenters. The zero-order valence-electron chi connectivity index (χ0n) is 12.4. The average molecular weight is 328 g/mol. The molecule has 118 valence electrons. The van der Waals surface area contributed by atoms with Crippen molar-refractivity contribution in [3.8, 4) is 11.5 Å². The average Bonchev–Trinajstić information content (AvgIpc) is 2.56. The third kappa shape index (κ3) is 5.15. The van der Waals surface area contributed by atoms with E-state index in [2.05, 4.69) is 20.7 Å². The van der Waals surface area contributed by atoms with Gasteiger partial charge >= 0.3 is 0 Å². The van der Waals surface area contributed by atoms with Crippen molar-refractivity contribution >= 4 is 29.4 Å². The highest BCUT2D eigenvalue weighted by atomic mass is 32.2. The molecule has 0 amide bonds. The number of para-hydroxylation sites is 2. The molecular formula is C16H16N4O2S. The van der Waals surface area contributed by atoms with E-state index in [4.69, 9.17) is 0 Å². The smallest absolute Gasteiger partial charge is 0.203 e. The quantitative estimate of drug-likeness (QED) is 0.457. The van der Waals surface area contributed by atoms with Crippen LogP contribution in [-0.2, 0) is 0 Å². The van der Waals surface area contributed by atoms with Crippen molar-refractivity contribution in [2.45, 2.75) is 0 Å². The molecule has 2 rings (SSSR count). The molecule has 0 saturated carbocycles. The molecule has 0 radical (unpaired) electrons. The maximum Gasteiger partial charge on any atom is 0.203 e. The van der Waals surface area contributed by atoms with Crippen LogP contribution in [0.1, 0.15) is 11.1 Å². The largest absolute Gasteiger partial charge is 0.507 e. The molecule has 2 aromatic rings. The second kappa shape index (κ2) is 8.60. The topological polar surface area (TPSA) is 89.6 Å². The van der Waals surface area contributed by atoms with Gasteiger partial charge in [-0.2, -0.15) is 10.2 Å². The first-order valence-electron chi connectivity index (χ1n) is 6.71. The highest BCUT2D eigenvalue weighted by molar-refractivity contribution is 8.13. The molecule has 0 aliphatic carbocycles. The van der Waals surface area contributed by atoms with Gasteiger partial charge in [-0.05, 0) is 30.5 Å². The number of amidine groups is 1. The predicted molar refractivity (Wildman–Crippen MR) is 95.5 cm³/mol. The SMILES string of the molecule is CS/C(=N/N=Cc1ccccc1O)NN=Cc1ccccc1O. The van der Waals surface area contributed by atoms with Gasteiger partial charge in [0.2, 0.25) is 5.17 Å². The van der Waals surface area contributed by atoms with Gasteiger partial charge in [-0.1, -0.05) is 36.0 Å². The van der Waals surface area contributed by atoms with Gasteiger partial charge in [-0.3, -0.25) is 5.43 Å². The summed E-state index contributed by atoms with van der Waals surface area (Å²) in [5.74, 6) is 0.293. The van der Waals surface area contributed by atoms with Gasteiger partial charge in [0.05, 0.1) is 12.4 Å². The number of thioether (sulfide) groups is 1. The van der Waals surface area contributed by atoms with Gasteiger partial charge in [0, 0.05) is 11.1 Å². The summed E-state index contributed by atoms with van der Waals surface area (Å²) in [6.07, 6.45) is 4.78. The molecule has 0 unspecified atom stereocenters. The molecule has 0 aliphatic heterocycles. The molecule has 23 heavy (non-hydrogen) atoms. The van der Waals surface area contributed by atoms with E-state index in [-0.39, 0.29) is 11.5 Å². The zero-order valence-corrected chi connectivity index (χ0v) is 13.2. The van der Waals surface area contributed by atoms with Crippen molar-refractivity contribution in [1.82, 2.24) is 5.43 Å². The van der Waals surface area contributed by atoms with Gasteiger partial charge < -0.3 is 10.2 Å². The number of nitrogens with one attached hydrogen (secondary N) is 1. The second-order valence-corrected chi connectivity index (χ2v) is 5.14. The van der Waals surface area contributed by atoms with E-state index in [1.165, 1.54) is 24.2 Å². The summed E-state index contributed by atoms with van der Waals surface area (Å²) in [4.78, 5) is 0. The van der Waals surface area contributed by atoms with Crippen LogP contribution in [0.5, 0.6) is 11.5 Å². The Morgan fingerprint density at radius 2 is 1.52 bits per heavy atom. The van der Waals surface area contributed by atoms with Crippen molar-refractivity contribution in [2.75, 3.05) is 6.26 Å². The van der Waals surface area contributed by atoms with Gasteiger partial charge in [0.15, 0.2) is 0 Å². The Labute approximate surface area is 138 Å². The van der Waals surface area contributed by atoms with E-state index in [0.717, 1.165) is 0 Å². The lowest BCUT2D eigenvalue weighted by Gasteiger charge is -2.00. The molecule has 6 nitrogen and oxygen atoms in total. The van der Waals surface area contributed by atoms with E-state index < -0.39 is 0 Å². The summed E-state index contributed by atoms with van der Waals surface area (Å²) in [5.41, 5.74) is 3.91. The summed E-state index contributed by atoms with van der Waals surface area (Å²) < 4.78 is 0. The summed E-state index contributed by atoms with van der Waals surface area (Å²) in [5, 5.41) is 31.6. The number of hydrogen-bond donors (Lipinski definition) is 3. The Kier molecular flexibility index (Phi) is 6.19. The number of nitrogens with zero attached hydrogens (tertiary/aromatic N) is 3. The molecule has 0 aromatic heterocycles. The van der Waals surface area contributed by atoms with Crippen LogP contribution in [0.3, 0.4) is 0 Å². The van der Waals surface area contributed by atoms with Gasteiger partial charge in [-0.25, -0.2) is 0 Å². The minimum absolute atomic E-state index is 0.141. The number of hydrogen-bond acceptors (Lipinski definition) is 6. The van der Waals surface area contributed by atoms with Crippen molar-refractivity contribution in [3.63, 3.8) is 0 Å². The number of hydrazone groups is 1. The summed E-state index contributed by atoms with van der Waals surface area (Å²) in [7, 11) is 0. The fourth-order valence-electron chi connectivity index (χ4n) is 1.60. The molecule has 0 fully saturated rings. The maximum absolute atomic E-state index is 9.62. The second-order valence-electron chi connectivity index (χ2n) is 4.34. The Morgan fingerprint density at radius 1 is 0.957 bits per heavy atom. The fourth-order valence-corrected chi connectivity index (χ4v) is 1.88. The fraction of sp³-hybridized carbons (Fsp3) is 0.0625. The Morgan fingerprint density at radius 3 is 2.09 bits per heavy atom. The van der Waals surface area contributed by atoms with E-state index in [1.54, 1.807) is 48.5 Å². The first kappa shape index (κ1) is 16.6. The maximum atomic E-state index is 9.62. The molecule has 3 N–H and O–H groups in total. The number of phenols is 2. The van der Waals surface area contributed by atoms with E-state index in [9.17, 15) is 10.2 Å². The van der Waals surface area contributed by atoms with Crippen LogP contribution in [-0.4, -0.2) is 34.1 Å². The highest BCUT2D eigenvalue weighted by Gasteiger charge is 1.97. The van der Waals surface area contributed by atoms with Crippen LogP contribution < -0.4 is 5.43 Å². The van der Waals surface area contributed by atoms with Gasteiger partial charge in [0.1, 0.15) is 11.5 Å². The number of rotatable bonds is 4. The third-order valence-electron chi connectivity index (χ3n) is 2.78. The van der Waals surface area contributed by atoms with Crippen LogP contribution in [0, 0.1) is 0 Å². The van der Waals surface area contributed by atoms with Crippen LogP contribution >= 0.6 is 11.8 Å². The third-order valence-corrected chi connectivity index (χ3v) is 3.34. The van der Waals surface area contributed by atoms with Crippen molar-refractivity contribution < 1.29 is 10.2 Å². The van der Waals surface area contributed by atoms with Crippen molar-refractivity contribution in [1.29, 1.82) is 0 Å². The van der Waals surface area contributed by atoms with Crippen LogP contribution in [0.4, 0.5) is 0 Å². The molecule has 0 aliphatic rings. The predicted octanol–water partition coefficient (Wildman–Crippen LogP) is 2.77. The van der Waals surface area contributed by atoms with E-state index >= 15 is 0 Å². The van der Waals surface area contributed by atoms with Crippen LogP contribution in [0.2, 0.25) is 0 Å². The minimum Gasteiger partial charge on any atom is -0.507 e. The van der Waals surface area contributed by atoms with Crippen LogP contribution in [0.25, 0.3) is 0 Å². The molecule has 0 heterocycles.